The van der Waals surface area contributed by atoms with Crippen molar-refractivity contribution in [3.63, 3.8) is 0 Å². The van der Waals surface area contributed by atoms with Gasteiger partial charge in [0.05, 0.1) is 48.9 Å². The average molecular weight is 487 g/mol. The molecule has 1 aliphatic heterocycles. The molecule has 0 spiro atoms. The van der Waals surface area contributed by atoms with E-state index >= 15 is 0 Å². The molecule has 9 heteroatoms. The molecule has 1 aliphatic rings. The Kier molecular flexibility index (Phi) is 7.46. The molecule has 1 amide bonds. The number of nitrogens with one attached hydrogen (secondary N) is 1. The maximum absolute atomic E-state index is 13.0. The second-order valence-electron chi connectivity index (χ2n) is 9.06. The van der Waals surface area contributed by atoms with Crippen LogP contribution >= 0.6 is 0 Å². The van der Waals surface area contributed by atoms with E-state index < -0.39 is 5.41 Å². The number of morpholine rings is 1. The van der Waals surface area contributed by atoms with Crippen LogP contribution in [0.4, 0.5) is 11.5 Å². The third-order valence-corrected chi connectivity index (χ3v) is 6.01. The van der Waals surface area contributed by atoms with Gasteiger partial charge in [0.1, 0.15) is 5.82 Å². The maximum Gasteiger partial charge on any atom is 0.255 e. The molecular weight excluding hydrogens is 456 g/mol. The number of aromatic nitrogens is 3. The van der Waals surface area contributed by atoms with Crippen LogP contribution in [0.3, 0.4) is 0 Å². The van der Waals surface area contributed by atoms with Gasteiger partial charge in [-0.15, -0.1) is 0 Å². The molecule has 0 saturated carbocycles. The molecule has 1 saturated heterocycles. The minimum atomic E-state index is -0.799. The second kappa shape index (κ2) is 10.7. The Morgan fingerprint density at radius 2 is 2.00 bits per heavy atom. The van der Waals surface area contributed by atoms with Gasteiger partial charge in [0.15, 0.2) is 0 Å². The van der Waals surface area contributed by atoms with Crippen molar-refractivity contribution in [2.24, 2.45) is 0 Å². The zero-order chi connectivity index (χ0) is 25.7. The molecular formula is C27H30N6O3. The Hall–Kier alpha value is -4.03. The summed E-state index contributed by atoms with van der Waals surface area (Å²) in [6.07, 6.45) is 3.17. The molecule has 0 atom stereocenters. The lowest BCUT2D eigenvalue weighted by Gasteiger charge is -2.28. The molecule has 9 nitrogen and oxygen atoms in total. The molecule has 4 heterocycles. The quantitative estimate of drug-likeness (QED) is 0.530. The van der Waals surface area contributed by atoms with Gasteiger partial charge in [-0.2, -0.15) is 10.2 Å². The number of carbonyl (C=O) groups excluding carboxylic acids is 1. The van der Waals surface area contributed by atoms with E-state index in [1.807, 2.05) is 32.0 Å². The van der Waals surface area contributed by atoms with Gasteiger partial charge in [-0.1, -0.05) is 0 Å². The Labute approximate surface area is 211 Å². The topological polar surface area (TPSA) is 113 Å². The van der Waals surface area contributed by atoms with Crippen molar-refractivity contribution >= 4 is 17.4 Å². The van der Waals surface area contributed by atoms with Crippen LogP contribution in [0.1, 0.15) is 42.5 Å². The summed E-state index contributed by atoms with van der Waals surface area (Å²) in [5.41, 5.74) is 3.30. The fourth-order valence-electron chi connectivity index (χ4n) is 3.89. The van der Waals surface area contributed by atoms with Crippen LogP contribution in [0.25, 0.3) is 11.1 Å². The fourth-order valence-corrected chi connectivity index (χ4v) is 3.89. The number of hydrogen-bond donors (Lipinski definition) is 1. The van der Waals surface area contributed by atoms with Crippen LogP contribution < -0.4 is 15.0 Å². The SMILES string of the molecule is CCOc1cc(-c2cc(NC(=O)c3ccnc(C(C)(C)C#N)c3)cnc2C)cc(N2CCOCC2)n1. The van der Waals surface area contributed by atoms with Crippen LogP contribution in [0.5, 0.6) is 5.88 Å². The van der Waals surface area contributed by atoms with Crippen molar-refractivity contribution in [2.45, 2.75) is 33.1 Å². The van der Waals surface area contributed by atoms with E-state index in [4.69, 9.17) is 9.47 Å². The third kappa shape index (κ3) is 5.61. The number of amides is 1. The molecule has 3 aromatic rings. The van der Waals surface area contributed by atoms with E-state index in [1.54, 1.807) is 38.4 Å². The summed E-state index contributed by atoms with van der Waals surface area (Å²) >= 11 is 0. The molecule has 0 aromatic carbocycles. The number of rotatable bonds is 7. The number of nitrogens with zero attached hydrogens (tertiary/aromatic N) is 5. The molecule has 0 unspecified atom stereocenters. The molecule has 36 heavy (non-hydrogen) atoms. The molecule has 0 bridgehead atoms. The number of anilines is 2. The summed E-state index contributed by atoms with van der Waals surface area (Å²) in [4.78, 5) is 28.7. The highest BCUT2D eigenvalue weighted by atomic mass is 16.5. The van der Waals surface area contributed by atoms with Gasteiger partial charge in [-0.25, -0.2) is 0 Å². The van der Waals surface area contributed by atoms with Crippen LogP contribution in [0, 0.1) is 18.3 Å². The Balaban J connectivity index is 1.64. The summed E-state index contributed by atoms with van der Waals surface area (Å²) < 4.78 is 11.2. The minimum absolute atomic E-state index is 0.303. The standard InChI is InChI=1S/C27H30N6O3/c1-5-36-25-14-20(13-24(32-25)33-8-10-35-11-9-33)22-15-21(16-30-18(22)2)31-26(34)19-6-7-29-23(12-19)27(3,4)17-28/h6-7,12-16H,5,8-11H2,1-4H3,(H,31,34). The van der Waals surface area contributed by atoms with Crippen molar-refractivity contribution in [3.05, 3.63) is 59.7 Å². The maximum atomic E-state index is 13.0. The largest absolute Gasteiger partial charge is 0.478 e. The van der Waals surface area contributed by atoms with Crippen molar-refractivity contribution in [1.29, 1.82) is 5.26 Å². The summed E-state index contributed by atoms with van der Waals surface area (Å²) in [6.45, 7) is 10.7. The first kappa shape index (κ1) is 25.1. The predicted octanol–water partition coefficient (Wildman–Crippen LogP) is 4.14. The van der Waals surface area contributed by atoms with Crippen LogP contribution in [-0.2, 0) is 10.2 Å². The first-order valence-electron chi connectivity index (χ1n) is 11.9. The first-order chi connectivity index (χ1) is 17.3. The highest BCUT2D eigenvalue weighted by molar-refractivity contribution is 6.04. The van der Waals surface area contributed by atoms with Gasteiger partial charge >= 0.3 is 0 Å². The molecule has 4 rings (SSSR count). The van der Waals surface area contributed by atoms with Gasteiger partial charge in [0, 0.05) is 42.2 Å². The molecule has 3 aromatic heterocycles. The Bertz CT molecular complexity index is 1290. The van der Waals surface area contributed by atoms with Gasteiger partial charge in [-0.05, 0) is 57.5 Å². The van der Waals surface area contributed by atoms with Crippen LogP contribution in [0.15, 0.2) is 42.7 Å². The zero-order valence-corrected chi connectivity index (χ0v) is 21.0. The summed E-state index contributed by atoms with van der Waals surface area (Å²) in [5.74, 6) is 1.05. The van der Waals surface area contributed by atoms with Crippen molar-refractivity contribution in [2.75, 3.05) is 43.1 Å². The van der Waals surface area contributed by atoms with Crippen LogP contribution in [-0.4, -0.2) is 53.8 Å². The highest BCUT2D eigenvalue weighted by Gasteiger charge is 2.23. The first-order valence-corrected chi connectivity index (χ1v) is 11.9. The summed E-state index contributed by atoms with van der Waals surface area (Å²) in [7, 11) is 0. The number of ether oxygens (including phenoxy) is 2. The average Bonchev–Trinajstić information content (AvgIpc) is 2.90. The van der Waals surface area contributed by atoms with E-state index in [0.29, 0.717) is 42.6 Å². The Morgan fingerprint density at radius 1 is 1.22 bits per heavy atom. The highest BCUT2D eigenvalue weighted by Crippen LogP contribution is 2.31. The van der Waals surface area contributed by atoms with Crippen molar-refractivity contribution < 1.29 is 14.3 Å². The fraction of sp³-hybridized carbons (Fsp3) is 0.370. The molecule has 0 radical (unpaired) electrons. The Morgan fingerprint density at radius 3 is 2.72 bits per heavy atom. The van der Waals surface area contributed by atoms with Gasteiger partial charge < -0.3 is 19.7 Å². The monoisotopic (exact) mass is 486 g/mol. The van der Waals surface area contributed by atoms with E-state index in [0.717, 1.165) is 35.7 Å². The van der Waals surface area contributed by atoms with Crippen LogP contribution in [0.2, 0.25) is 0 Å². The zero-order valence-electron chi connectivity index (χ0n) is 21.0. The molecule has 1 N–H and O–H groups in total. The second-order valence-corrected chi connectivity index (χ2v) is 9.06. The summed E-state index contributed by atoms with van der Waals surface area (Å²) in [5, 5.41) is 12.3. The van der Waals surface area contributed by atoms with Gasteiger partial charge in [-0.3, -0.25) is 14.8 Å². The minimum Gasteiger partial charge on any atom is -0.478 e. The lowest BCUT2D eigenvalue weighted by molar-refractivity contribution is 0.102. The third-order valence-electron chi connectivity index (χ3n) is 6.01. The summed E-state index contributed by atoms with van der Waals surface area (Å²) in [6, 6.07) is 11.3. The number of pyridine rings is 3. The number of hydrogen-bond acceptors (Lipinski definition) is 8. The molecule has 186 valence electrons. The van der Waals surface area contributed by atoms with E-state index in [9.17, 15) is 10.1 Å². The van der Waals surface area contributed by atoms with Crippen molar-refractivity contribution in [3.8, 4) is 23.1 Å². The van der Waals surface area contributed by atoms with E-state index in [2.05, 4.69) is 31.2 Å². The lowest BCUT2D eigenvalue weighted by Crippen LogP contribution is -2.36. The van der Waals surface area contributed by atoms with Gasteiger partial charge in [0.25, 0.3) is 5.91 Å². The number of carbonyl (C=O) groups is 1. The van der Waals surface area contributed by atoms with E-state index in [-0.39, 0.29) is 5.91 Å². The van der Waals surface area contributed by atoms with E-state index in [1.165, 1.54) is 0 Å². The number of nitriles is 1. The van der Waals surface area contributed by atoms with Gasteiger partial charge in [0.2, 0.25) is 5.88 Å². The number of aryl methyl sites for hydroxylation is 1. The van der Waals surface area contributed by atoms with Crippen molar-refractivity contribution in [1.82, 2.24) is 15.0 Å². The smallest absolute Gasteiger partial charge is 0.255 e. The molecule has 0 aliphatic carbocycles. The normalized spacial score (nSPS) is 13.7. The molecule has 1 fully saturated rings. The lowest BCUT2D eigenvalue weighted by atomic mass is 9.90. The predicted molar refractivity (Wildman–Crippen MR) is 137 cm³/mol.